The number of nitrogens with zero attached hydrogens (tertiary/aromatic N) is 4. The molecule has 286 valence electrons. The van der Waals surface area contributed by atoms with Crippen molar-refractivity contribution in [3.63, 3.8) is 0 Å². The van der Waals surface area contributed by atoms with Gasteiger partial charge >= 0.3 is 11.9 Å². The van der Waals surface area contributed by atoms with Gasteiger partial charge in [0.15, 0.2) is 23.5 Å². The highest BCUT2D eigenvalue weighted by Crippen LogP contribution is 2.35. The van der Waals surface area contributed by atoms with Crippen LogP contribution in [0.15, 0.2) is 47.0 Å². The summed E-state index contributed by atoms with van der Waals surface area (Å²) in [6.45, 7) is 12.8. The van der Waals surface area contributed by atoms with Gasteiger partial charge in [-0.1, -0.05) is 26.0 Å². The quantitative estimate of drug-likeness (QED) is 0.0926. The lowest BCUT2D eigenvalue weighted by Crippen LogP contribution is -2.46. The summed E-state index contributed by atoms with van der Waals surface area (Å²) in [5, 5.41) is 12.8. The van der Waals surface area contributed by atoms with Crippen molar-refractivity contribution in [1.29, 1.82) is 0 Å². The summed E-state index contributed by atoms with van der Waals surface area (Å²) in [5.41, 5.74) is 1.68. The van der Waals surface area contributed by atoms with Crippen LogP contribution in [0.1, 0.15) is 60.8 Å². The third-order valence-corrected chi connectivity index (χ3v) is 8.22. The van der Waals surface area contributed by atoms with E-state index in [2.05, 4.69) is 15.2 Å². The van der Waals surface area contributed by atoms with E-state index in [1.165, 1.54) is 0 Å². The minimum Gasteiger partial charge on any atom is -0.460 e. The van der Waals surface area contributed by atoms with Crippen LogP contribution in [0.2, 0.25) is 0 Å². The number of aromatic nitrogens is 3. The van der Waals surface area contributed by atoms with Crippen LogP contribution in [0.25, 0.3) is 33.6 Å². The molecule has 15 nitrogen and oxygen atoms in total. The fraction of sp³-hybridized carbons (Fsp3) is 0.526. The van der Waals surface area contributed by atoms with Crippen molar-refractivity contribution < 1.29 is 47.6 Å². The lowest BCUT2D eigenvalue weighted by molar-refractivity contribution is -0.235. The van der Waals surface area contributed by atoms with E-state index in [1.54, 1.807) is 45.2 Å². The highest BCUT2D eigenvalue weighted by atomic mass is 16.7. The smallest absolute Gasteiger partial charge is 0.334 e. The number of benzene rings is 1. The van der Waals surface area contributed by atoms with Gasteiger partial charge in [-0.15, -0.1) is 0 Å². The Morgan fingerprint density at radius 1 is 1.04 bits per heavy atom. The number of fused-ring (bicyclic) bond motifs is 3. The molecule has 0 bridgehead atoms. The van der Waals surface area contributed by atoms with E-state index in [9.17, 15) is 19.5 Å². The molecule has 0 aliphatic carbocycles. The van der Waals surface area contributed by atoms with Crippen LogP contribution in [0.3, 0.4) is 0 Å². The number of ether oxygens (including phenoxy) is 5. The number of pyridine rings is 1. The van der Waals surface area contributed by atoms with Gasteiger partial charge in [0.25, 0.3) is 0 Å². The van der Waals surface area contributed by atoms with Crippen LogP contribution < -0.4 is 15.0 Å². The van der Waals surface area contributed by atoms with Crippen molar-refractivity contribution in [1.82, 2.24) is 20.3 Å². The average Bonchev–Trinajstić information content (AvgIpc) is 3.51. The van der Waals surface area contributed by atoms with E-state index in [0.717, 1.165) is 5.39 Å². The van der Waals surface area contributed by atoms with E-state index in [1.807, 2.05) is 39.0 Å². The van der Waals surface area contributed by atoms with E-state index in [4.69, 9.17) is 38.1 Å². The van der Waals surface area contributed by atoms with Gasteiger partial charge in [-0.2, -0.15) is 0 Å². The van der Waals surface area contributed by atoms with Gasteiger partial charge in [-0.25, -0.2) is 19.7 Å². The Labute approximate surface area is 308 Å². The van der Waals surface area contributed by atoms with Crippen LogP contribution in [0.5, 0.6) is 5.75 Å². The predicted molar refractivity (Wildman–Crippen MR) is 195 cm³/mol. The summed E-state index contributed by atoms with van der Waals surface area (Å²) in [7, 11) is 0. The van der Waals surface area contributed by atoms with Gasteiger partial charge in [0.1, 0.15) is 23.9 Å². The normalized spacial score (nSPS) is 15.4. The Hall–Kier alpha value is -4.70. The number of amides is 1. The molecule has 4 aromatic rings. The van der Waals surface area contributed by atoms with Crippen LogP contribution in [0, 0.1) is 5.92 Å². The first-order valence-corrected chi connectivity index (χ1v) is 17.9. The van der Waals surface area contributed by atoms with E-state index < -0.39 is 41.9 Å². The highest BCUT2D eigenvalue weighted by molar-refractivity contribution is 6.05. The summed E-state index contributed by atoms with van der Waals surface area (Å²) < 4.78 is 34.1. The molecule has 1 amide bonds. The molecule has 3 atom stereocenters. The summed E-state index contributed by atoms with van der Waals surface area (Å²) >= 11 is 0. The number of anilines is 1. The van der Waals surface area contributed by atoms with Crippen molar-refractivity contribution in [2.24, 2.45) is 5.92 Å². The molecule has 3 aromatic heterocycles. The van der Waals surface area contributed by atoms with Gasteiger partial charge in [0.2, 0.25) is 11.6 Å². The third-order valence-electron chi connectivity index (χ3n) is 8.22. The predicted octanol–water partition coefficient (Wildman–Crippen LogP) is 4.57. The molecule has 4 heterocycles. The number of hydrogen-bond acceptors (Lipinski definition) is 14. The first-order chi connectivity index (χ1) is 25.3. The van der Waals surface area contributed by atoms with Crippen LogP contribution in [0.4, 0.5) is 5.82 Å². The zero-order valence-corrected chi connectivity index (χ0v) is 31.1. The first-order valence-electron chi connectivity index (χ1n) is 17.9. The number of furan rings is 1. The molecule has 1 aliphatic heterocycles. The second kappa shape index (κ2) is 17.9. The van der Waals surface area contributed by atoms with Crippen LogP contribution in [-0.2, 0) is 33.3 Å². The molecule has 1 saturated heterocycles. The average molecular weight is 736 g/mol. The van der Waals surface area contributed by atoms with Crippen molar-refractivity contribution in [2.75, 3.05) is 44.4 Å². The van der Waals surface area contributed by atoms with Crippen molar-refractivity contribution >= 4 is 45.9 Å². The largest absolute Gasteiger partial charge is 0.460 e. The summed E-state index contributed by atoms with van der Waals surface area (Å²) in [6.07, 6.45) is 0.458. The highest BCUT2D eigenvalue weighted by Gasteiger charge is 2.28. The van der Waals surface area contributed by atoms with Crippen molar-refractivity contribution in [2.45, 2.75) is 84.8 Å². The minimum absolute atomic E-state index is 0.00937. The number of rotatable bonds is 16. The SMILES string of the molecule is CC(CO)OC(COC(=O)CCCC(=O)NC(C(=O)Oc1cccc(-c2nc(N3CCOCC3)c3oc4ncccc4c3n2)c1)C(C)C)OC(C)(C)C. The molecule has 1 fully saturated rings. The molecular weight excluding hydrogens is 686 g/mol. The number of aliphatic hydroxyl groups excluding tert-OH is 1. The Kier molecular flexibility index (Phi) is 13.3. The maximum atomic E-state index is 13.4. The summed E-state index contributed by atoms with van der Waals surface area (Å²) in [6, 6.07) is 9.68. The fourth-order valence-electron chi connectivity index (χ4n) is 5.63. The Morgan fingerprint density at radius 2 is 1.81 bits per heavy atom. The van der Waals surface area contributed by atoms with E-state index >= 15 is 0 Å². The number of nitrogens with one attached hydrogen (secondary N) is 1. The number of esters is 2. The monoisotopic (exact) mass is 735 g/mol. The van der Waals surface area contributed by atoms with Gasteiger partial charge in [-0.05, 0) is 64.3 Å². The molecule has 2 N–H and O–H groups in total. The van der Waals surface area contributed by atoms with Gasteiger partial charge in [0.05, 0.1) is 36.9 Å². The third kappa shape index (κ3) is 10.9. The Morgan fingerprint density at radius 3 is 2.53 bits per heavy atom. The lowest BCUT2D eigenvalue weighted by atomic mass is 10.0. The number of carbonyl (C=O) groups is 3. The maximum Gasteiger partial charge on any atom is 0.334 e. The second-order valence-electron chi connectivity index (χ2n) is 14.2. The zero-order chi connectivity index (χ0) is 38.1. The number of aliphatic hydroxyl groups is 1. The van der Waals surface area contributed by atoms with Gasteiger partial charge in [0, 0.05) is 37.7 Å². The van der Waals surface area contributed by atoms with Gasteiger partial charge in [-0.3, -0.25) is 9.59 Å². The molecule has 1 aliphatic rings. The Balaban J connectivity index is 1.20. The standard InChI is InChI=1S/C38H49N5O10/c1-23(2)31(40-28(45)13-8-14-29(46)49-22-30(50-24(3)21-44)53-38(4,5)6)37(47)51-26-11-7-10-25(20-26)34-41-32-27-12-9-15-39-36(27)52-33(32)35(42-34)43-16-18-48-19-17-43/h7,9-12,15,20,23-24,30-31,44H,8,13-14,16-19,21-22H2,1-6H3,(H,40,45). The molecule has 15 heteroatoms. The molecule has 0 radical (unpaired) electrons. The molecule has 5 rings (SSSR count). The fourth-order valence-corrected chi connectivity index (χ4v) is 5.63. The molecule has 0 spiro atoms. The van der Waals surface area contributed by atoms with E-state index in [-0.39, 0.29) is 44.1 Å². The topological polar surface area (TPSA) is 185 Å². The van der Waals surface area contributed by atoms with Crippen LogP contribution >= 0.6 is 0 Å². The maximum absolute atomic E-state index is 13.4. The Bertz CT molecular complexity index is 1870. The second-order valence-corrected chi connectivity index (χ2v) is 14.2. The zero-order valence-electron chi connectivity index (χ0n) is 31.1. The number of morpholine rings is 1. The minimum atomic E-state index is -0.940. The lowest BCUT2D eigenvalue weighted by Gasteiger charge is -2.28. The molecular formula is C38H49N5O10. The van der Waals surface area contributed by atoms with Crippen LogP contribution in [-0.4, -0.2) is 101 Å². The van der Waals surface area contributed by atoms with Gasteiger partial charge < -0.3 is 43.4 Å². The molecule has 53 heavy (non-hydrogen) atoms. The summed E-state index contributed by atoms with van der Waals surface area (Å²) in [4.78, 5) is 54.9. The van der Waals surface area contributed by atoms with Crippen molar-refractivity contribution in [3.8, 4) is 17.1 Å². The molecule has 3 unspecified atom stereocenters. The number of hydrogen-bond donors (Lipinski definition) is 2. The van der Waals surface area contributed by atoms with E-state index in [0.29, 0.717) is 60.3 Å². The first kappa shape index (κ1) is 39.5. The summed E-state index contributed by atoms with van der Waals surface area (Å²) in [5.74, 6) is -0.551. The molecule has 1 aromatic carbocycles. The van der Waals surface area contributed by atoms with Crippen molar-refractivity contribution in [3.05, 3.63) is 42.6 Å². The molecule has 0 saturated carbocycles. The number of carbonyl (C=O) groups excluding carboxylic acids is 3.